The van der Waals surface area contributed by atoms with Crippen LogP contribution in [0.1, 0.15) is 32.6 Å². The highest BCUT2D eigenvalue weighted by atomic mass is 16.3. The zero-order chi connectivity index (χ0) is 13.1. The quantitative estimate of drug-likeness (QED) is 0.818. The summed E-state index contributed by atoms with van der Waals surface area (Å²) in [6.07, 6.45) is 6.19. The first-order valence-corrected chi connectivity index (χ1v) is 6.94. The Kier molecular flexibility index (Phi) is 4.40. The van der Waals surface area contributed by atoms with E-state index in [9.17, 15) is 9.90 Å². The lowest BCUT2D eigenvalue weighted by molar-refractivity contribution is -0.129. The first-order chi connectivity index (χ1) is 8.58. The van der Waals surface area contributed by atoms with Crippen molar-refractivity contribution >= 4 is 5.91 Å². The van der Waals surface area contributed by atoms with Crippen molar-refractivity contribution in [3.8, 4) is 0 Å². The van der Waals surface area contributed by atoms with Gasteiger partial charge in [0.15, 0.2) is 0 Å². The second-order valence-corrected chi connectivity index (χ2v) is 5.56. The van der Waals surface area contributed by atoms with Gasteiger partial charge in [-0.25, -0.2) is 0 Å². The molecular formula is C14H24N2O2. The van der Waals surface area contributed by atoms with Crippen LogP contribution in [0.3, 0.4) is 0 Å². The summed E-state index contributed by atoms with van der Waals surface area (Å²) in [7, 11) is 1.88. The molecule has 0 radical (unpaired) electrons. The summed E-state index contributed by atoms with van der Waals surface area (Å²) in [5.41, 5.74) is 1.17. The second-order valence-electron chi connectivity index (χ2n) is 5.56. The molecule has 1 saturated heterocycles. The highest BCUT2D eigenvalue weighted by Crippen LogP contribution is 2.22. The molecule has 0 saturated carbocycles. The van der Waals surface area contributed by atoms with Crippen molar-refractivity contribution in [2.24, 2.45) is 5.92 Å². The molecule has 4 heteroatoms. The molecule has 1 aliphatic carbocycles. The standard InChI is InChI=1S/C14H24N2O2/c1-11(17)12-7-8-16(9-12)10-14(18)15(2)13-5-3-4-6-13/h5,11-12,17H,3-4,6-10H2,1-2H3. The van der Waals surface area contributed by atoms with E-state index in [0.29, 0.717) is 12.5 Å². The molecule has 2 unspecified atom stereocenters. The molecule has 1 amide bonds. The Hall–Kier alpha value is -0.870. The summed E-state index contributed by atoms with van der Waals surface area (Å²) < 4.78 is 0. The van der Waals surface area contributed by atoms with Crippen LogP contribution >= 0.6 is 0 Å². The van der Waals surface area contributed by atoms with E-state index in [1.807, 2.05) is 18.9 Å². The highest BCUT2D eigenvalue weighted by molar-refractivity contribution is 5.79. The number of carbonyl (C=O) groups is 1. The number of nitrogens with zero attached hydrogens (tertiary/aromatic N) is 2. The first kappa shape index (κ1) is 13.6. The fraction of sp³-hybridized carbons (Fsp3) is 0.786. The van der Waals surface area contributed by atoms with Crippen LogP contribution < -0.4 is 0 Å². The third-order valence-electron chi connectivity index (χ3n) is 4.17. The zero-order valence-electron chi connectivity index (χ0n) is 11.4. The smallest absolute Gasteiger partial charge is 0.240 e. The van der Waals surface area contributed by atoms with Crippen molar-refractivity contribution in [1.82, 2.24) is 9.80 Å². The van der Waals surface area contributed by atoms with E-state index in [0.717, 1.165) is 32.4 Å². The minimum Gasteiger partial charge on any atom is -0.393 e. The Labute approximate surface area is 109 Å². The van der Waals surface area contributed by atoms with Crippen molar-refractivity contribution in [3.05, 3.63) is 11.8 Å². The first-order valence-electron chi connectivity index (χ1n) is 6.94. The fourth-order valence-corrected chi connectivity index (χ4v) is 2.82. The Morgan fingerprint density at radius 1 is 1.67 bits per heavy atom. The van der Waals surface area contributed by atoms with Crippen LogP contribution in [-0.2, 0) is 4.79 Å². The number of likely N-dealkylation sites (tertiary alicyclic amines) is 1. The van der Waals surface area contributed by atoms with E-state index >= 15 is 0 Å². The number of amides is 1. The van der Waals surface area contributed by atoms with Gasteiger partial charge >= 0.3 is 0 Å². The third-order valence-corrected chi connectivity index (χ3v) is 4.17. The SMILES string of the molecule is CC(O)C1CCN(CC(=O)N(C)C2=CCCC2)C1. The monoisotopic (exact) mass is 252 g/mol. The van der Waals surface area contributed by atoms with E-state index in [1.165, 1.54) is 12.1 Å². The lowest BCUT2D eigenvalue weighted by Crippen LogP contribution is -2.37. The Balaban J connectivity index is 1.81. The molecule has 2 rings (SSSR count). The van der Waals surface area contributed by atoms with E-state index in [1.54, 1.807) is 0 Å². The van der Waals surface area contributed by atoms with Gasteiger partial charge in [0.25, 0.3) is 0 Å². The zero-order valence-corrected chi connectivity index (χ0v) is 11.4. The molecule has 0 spiro atoms. The normalized spacial score (nSPS) is 26.2. The van der Waals surface area contributed by atoms with Crippen LogP contribution in [0.2, 0.25) is 0 Å². The van der Waals surface area contributed by atoms with Gasteiger partial charge in [-0.1, -0.05) is 6.08 Å². The molecule has 102 valence electrons. The molecule has 18 heavy (non-hydrogen) atoms. The predicted octanol–water partition coefficient (Wildman–Crippen LogP) is 1.22. The van der Waals surface area contributed by atoms with Gasteiger partial charge in [-0.15, -0.1) is 0 Å². The maximum Gasteiger partial charge on any atom is 0.240 e. The van der Waals surface area contributed by atoms with Gasteiger partial charge < -0.3 is 10.0 Å². The molecular weight excluding hydrogens is 228 g/mol. The Morgan fingerprint density at radius 3 is 3.00 bits per heavy atom. The van der Waals surface area contributed by atoms with Crippen LogP contribution in [0.4, 0.5) is 0 Å². The number of allylic oxidation sites excluding steroid dienone is 2. The topological polar surface area (TPSA) is 43.8 Å². The molecule has 2 aliphatic rings. The average Bonchev–Trinajstić information content (AvgIpc) is 2.98. The third kappa shape index (κ3) is 3.12. The molecule has 1 heterocycles. The highest BCUT2D eigenvalue weighted by Gasteiger charge is 2.28. The van der Waals surface area contributed by atoms with Gasteiger partial charge in [-0.05, 0) is 45.1 Å². The molecule has 0 bridgehead atoms. The van der Waals surface area contributed by atoms with E-state index in [-0.39, 0.29) is 12.0 Å². The van der Waals surface area contributed by atoms with Crippen LogP contribution in [0.15, 0.2) is 11.8 Å². The van der Waals surface area contributed by atoms with E-state index in [4.69, 9.17) is 0 Å². The predicted molar refractivity (Wildman–Crippen MR) is 70.9 cm³/mol. The van der Waals surface area contributed by atoms with Crippen molar-refractivity contribution in [2.75, 3.05) is 26.7 Å². The van der Waals surface area contributed by atoms with Crippen LogP contribution in [-0.4, -0.2) is 53.6 Å². The number of hydrogen-bond donors (Lipinski definition) is 1. The fourth-order valence-electron chi connectivity index (χ4n) is 2.82. The van der Waals surface area contributed by atoms with Gasteiger partial charge in [0.2, 0.25) is 5.91 Å². The summed E-state index contributed by atoms with van der Waals surface area (Å²) in [5, 5.41) is 9.55. The molecule has 0 aromatic rings. The van der Waals surface area contributed by atoms with E-state index in [2.05, 4.69) is 11.0 Å². The number of rotatable bonds is 4. The molecule has 0 aromatic carbocycles. The number of aliphatic hydroxyl groups excluding tert-OH is 1. The molecule has 1 fully saturated rings. The Morgan fingerprint density at radius 2 is 2.44 bits per heavy atom. The minimum absolute atomic E-state index is 0.175. The molecule has 0 aromatic heterocycles. The lowest BCUT2D eigenvalue weighted by atomic mass is 10.0. The summed E-state index contributed by atoms with van der Waals surface area (Å²) in [4.78, 5) is 16.1. The van der Waals surface area contributed by atoms with Gasteiger partial charge in [0, 0.05) is 19.3 Å². The average molecular weight is 252 g/mol. The minimum atomic E-state index is -0.264. The molecule has 2 atom stereocenters. The van der Waals surface area contributed by atoms with Crippen LogP contribution in [0, 0.1) is 5.92 Å². The summed E-state index contributed by atoms with van der Waals surface area (Å²) in [6.45, 7) is 4.09. The summed E-state index contributed by atoms with van der Waals surface area (Å²) in [6, 6.07) is 0. The van der Waals surface area contributed by atoms with Gasteiger partial charge in [0.1, 0.15) is 0 Å². The summed E-state index contributed by atoms with van der Waals surface area (Å²) in [5.74, 6) is 0.503. The largest absolute Gasteiger partial charge is 0.393 e. The number of aliphatic hydroxyl groups is 1. The molecule has 1 aliphatic heterocycles. The van der Waals surface area contributed by atoms with Crippen molar-refractivity contribution in [1.29, 1.82) is 0 Å². The lowest BCUT2D eigenvalue weighted by Gasteiger charge is -2.23. The number of likely N-dealkylation sites (N-methyl/N-ethyl adjacent to an activating group) is 1. The molecule has 1 N–H and O–H groups in total. The van der Waals surface area contributed by atoms with Gasteiger partial charge in [-0.3, -0.25) is 9.69 Å². The van der Waals surface area contributed by atoms with Crippen LogP contribution in [0.25, 0.3) is 0 Å². The van der Waals surface area contributed by atoms with E-state index < -0.39 is 0 Å². The number of carbonyl (C=O) groups excluding carboxylic acids is 1. The van der Waals surface area contributed by atoms with Crippen molar-refractivity contribution < 1.29 is 9.90 Å². The van der Waals surface area contributed by atoms with Crippen LogP contribution in [0.5, 0.6) is 0 Å². The van der Waals surface area contributed by atoms with Crippen molar-refractivity contribution in [2.45, 2.75) is 38.7 Å². The van der Waals surface area contributed by atoms with Gasteiger partial charge in [-0.2, -0.15) is 0 Å². The van der Waals surface area contributed by atoms with Crippen molar-refractivity contribution in [3.63, 3.8) is 0 Å². The summed E-state index contributed by atoms with van der Waals surface area (Å²) >= 11 is 0. The molecule has 4 nitrogen and oxygen atoms in total. The van der Waals surface area contributed by atoms with Gasteiger partial charge in [0.05, 0.1) is 12.6 Å². The number of hydrogen-bond acceptors (Lipinski definition) is 3. The maximum absolute atomic E-state index is 12.1. The maximum atomic E-state index is 12.1. The Bertz CT molecular complexity index is 339. The second kappa shape index (κ2) is 5.85.